The maximum atomic E-state index is 10.3. The standard InChI is InChI=1S/C30H37N3O/c1-3-4-8-28-26(13-11-23-19-25(34)14-16-30(23,28)2)21-10-12-24(18-21)33-32-20-22-15-17-31-29-9-6-5-7-27(22)29/h5-7,9,11,15,17-18,20,25-26,28,34H,3-4,8,10,12-14,16,19H2,1-2H3/b32-20+,33-24+. The van der Waals surface area contributed by atoms with Crippen molar-refractivity contribution in [2.45, 2.75) is 77.7 Å². The van der Waals surface area contributed by atoms with Crippen LogP contribution in [0.1, 0.15) is 77.2 Å². The predicted molar refractivity (Wildman–Crippen MR) is 141 cm³/mol. The van der Waals surface area contributed by atoms with Gasteiger partial charge in [-0.1, -0.05) is 62.1 Å². The first-order valence-corrected chi connectivity index (χ1v) is 13.1. The van der Waals surface area contributed by atoms with Crippen molar-refractivity contribution in [3.63, 3.8) is 0 Å². The molecule has 4 nitrogen and oxygen atoms in total. The van der Waals surface area contributed by atoms with Gasteiger partial charge in [-0.2, -0.15) is 10.2 Å². The van der Waals surface area contributed by atoms with Gasteiger partial charge < -0.3 is 5.11 Å². The smallest absolute Gasteiger partial charge is 0.0708 e. The van der Waals surface area contributed by atoms with Crippen LogP contribution >= 0.6 is 0 Å². The lowest BCUT2D eigenvalue weighted by Gasteiger charge is -2.51. The van der Waals surface area contributed by atoms with E-state index in [1.165, 1.54) is 24.8 Å². The van der Waals surface area contributed by atoms with Crippen molar-refractivity contribution in [2.24, 2.45) is 27.5 Å². The molecule has 34 heavy (non-hydrogen) atoms. The Bertz CT molecular complexity index is 1160. The number of fused-ring (bicyclic) bond motifs is 2. The molecule has 5 rings (SSSR count). The quantitative estimate of drug-likeness (QED) is 0.289. The average molecular weight is 456 g/mol. The molecule has 0 saturated heterocycles. The fraction of sp³-hybridized carbons (Fsp3) is 0.500. The second-order valence-electron chi connectivity index (χ2n) is 10.6. The number of aromatic nitrogens is 1. The van der Waals surface area contributed by atoms with Crippen molar-refractivity contribution in [3.8, 4) is 0 Å². The summed E-state index contributed by atoms with van der Waals surface area (Å²) >= 11 is 0. The lowest BCUT2D eigenvalue weighted by Crippen LogP contribution is -2.42. The van der Waals surface area contributed by atoms with Crippen molar-refractivity contribution >= 4 is 22.8 Å². The van der Waals surface area contributed by atoms with Gasteiger partial charge in [0.15, 0.2) is 0 Å². The summed E-state index contributed by atoms with van der Waals surface area (Å²) in [7, 11) is 0. The molecule has 1 N–H and O–H groups in total. The summed E-state index contributed by atoms with van der Waals surface area (Å²) < 4.78 is 0. The third kappa shape index (κ3) is 4.53. The van der Waals surface area contributed by atoms with Gasteiger partial charge >= 0.3 is 0 Å². The van der Waals surface area contributed by atoms with Crippen LogP contribution in [0.15, 0.2) is 70.0 Å². The number of aliphatic hydroxyl groups excluding tert-OH is 1. The number of aliphatic hydroxyl groups is 1. The third-order valence-corrected chi connectivity index (χ3v) is 8.54. The van der Waals surface area contributed by atoms with Gasteiger partial charge in [-0.3, -0.25) is 4.98 Å². The minimum absolute atomic E-state index is 0.150. The van der Waals surface area contributed by atoms with Crippen LogP contribution in [0.3, 0.4) is 0 Å². The van der Waals surface area contributed by atoms with Gasteiger partial charge in [0.2, 0.25) is 0 Å². The SMILES string of the molecule is CCCCC1C(C2=C/C(=N/N=C/c3ccnc4ccccc34)CC2)CC=C2CC(O)CCC21C. The van der Waals surface area contributed by atoms with Crippen LogP contribution in [0.5, 0.6) is 0 Å². The van der Waals surface area contributed by atoms with E-state index >= 15 is 0 Å². The van der Waals surface area contributed by atoms with E-state index in [2.05, 4.69) is 47.3 Å². The maximum absolute atomic E-state index is 10.3. The first-order chi connectivity index (χ1) is 16.6. The number of allylic oxidation sites excluding steroid dienone is 3. The zero-order chi connectivity index (χ0) is 23.5. The van der Waals surface area contributed by atoms with E-state index in [-0.39, 0.29) is 11.5 Å². The fourth-order valence-electron chi connectivity index (χ4n) is 6.59. The average Bonchev–Trinajstić information content (AvgIpc) is 3.32. The minimum atomic E-state index is -0.150. The Labute approximate surface area is 203 Å². The highest BCUT2D eigenvalue weighted by Gasteiger charge is 2.47. The lowest BCUT2D eigenvalue weighted by atomic mass is 9.54. The van der Waals surface area contributed by atoms with E-state index in [4.69, 9.17) is 0 Å². The van der Waals surface area contributed by atoms with Crippen LogP contribution in [0, 0.1) is 17.3 Å². The zero-order valence-electron chi connectivity index (χ0n) is 20.6. The highest BCUT2D eigenvalue weighted by molar-refractivity contribution is 6.00. The predicted octanol–water partition coefficient (Wildman–Crippen LogP) is 7.03. The van der Waals surface area contributed by atoms with E-state index in [1.807, 2.05) is 36.7 Å². The normalized spacial score (nSPS) is 30.6. The highest BCUT2D eigenvalue weighted by atomic mass is 16.3. The first kappa shape index (κ1) is 23.2. The minimum Gasteiger partial charge on any atom is -0.393 e. The molecule has 2 aromatic rings. The molecule has 4 heteroatoms. The number of hydrogen-bond donors (Lipinski definition) is 1. The van der Waals surface area contributed by atoms with Crippen LogP contribution in [0.2, 0.25) is 0 Å². The van der Waals surface area contributed by atoms with Gasteiger partial charge in [0.25, 0.3) is 0 Å². The molecule has 178 valence electrons. The largest absolute Gasteiger partial charge is 0.393 e. The molecule has 0 amide bonds. The van der Waals surface area contributed by atoms with Gasteiger partial charge in [-0.05, 0) is 80.4 Å². The van der Waals surface area contributed by atoms with Crippen molar-refractivity contribution < 1.29 is 5.11 Å². The van der Waals surface area contributed by atoms with Crippen LogP contribution in [-0.2, 0) is 0 Å². The van der Waals surface area contributed by atoms with Crippen LogP contribution in [0.25, 0.3) is 10.9 Å². The molecule has 1 fully saturated rings. The van der Waals surface area contributed by atoms with E-state index in [1.54, 1.807) is 5.57 Å². The molecule has 1 saturated carbocycles. The van der Waals surface area contributed by atoms with Gasteiger partial charge in [-0.15, -0.1) is 0 Å². The first-order valence-electron chi connectivity index (χ1n) is 13.1. The number of benzene rings is 1. The summed E-state index contributed by atoms with van der Waals surface area (Å²) in [5.74, 6) is 1.26. The second-order valence-corrected chi connectivity index (χ2v) is 10.6. The van der Waals surface area contributed by atoms with Gasteiger partial charge in [-0.25, -0.2) is 0 Å². The van der Waals surface area contributed by atoms with Crippen LogP contribution in [-0.4, -0.2) is 28.1 Å². The molecule has 0 spiro atoms. The molecule has 0 bridgehead atoms. The summed E-state index contributed by atoms with van der Waals surface area (Å²) in [6.45, 7) is 4.77. The molecule has 0 radical (unpaired) electrons. The molecule has 4 unspecified atom stereocenters. The van der Waals surface area contributed by atoms with Crippen LogP contribution in [0.4, 0.5) is 0 Å². The number of pyridine rings is 1. The van der Waals surface area contributed by atoms with Gasteiger partial charge in [0.1, 0.15) is 0 Å². The van der Waals surface area contributed by atoms with Crippen molar-refractivity contribution in [2.75, 3.05) is 0 Å². The summed E-state index contributed by atoms with van der Waals surface area (Å²) in [6, 6.07) is 10.1. The molecule has 1 heterocycles. The lowest BCUT2D eigenvalue weighted by molar-refractivity contribution is 0.0537. The fourth-order valence-corrected chi connectivity index (χ4v) is 6.59. The van der Waals surface area contributed by atoms with Crippen molar-refractivity contribution in [1.82, 2.24) is 4.98 Å². The molecule has 0 aliphatic heterocycles. The number of rotatable bonds is 6. The Kier molecular flexibility index (Phi) is 6.78. The Hall–Kier alpha value is -2.59. The Morgan fingerprint density at radius 3 is 2.97 bits per heavy atom. The Morgan fingerprint density at radius 2 is 2.09 bits per heavy atom. The molecule has 3 aliphatic rings. The molecular weight excluding hydrogens is 418 g/mol. The Balaban J connectivity index is 1.37. The summed E-state index contributed by atoms with van der Waals surface area (Å²) in [4.78, 5) is 4.43. The molecule has 1 aromatic carbocycles. The number of para-hydroxylation sites is 1. The molecule has 3 aliphatic carbocycles. The van der Waals surface area contributed by atoms with E-state index in [0.717, 1.165) is 60.7 Å². The van der Waals surface area contributed by atoms with E-state index in [9.17, 15) is 5.11 Å². The van der Waals surface area contributed by atoms with Gasteiger partial charge in [0, 0.05) is 17.1 Å². The number of unbranched alkanes of at least 4 members (excludes halogenated alkanes) is 1. The zero-order valence-corrected chi connectivity index (χ0v) is 20.6. The van der Waals surface area contributed by atoms with Crippen molar-refractivity contribution in [3.05, 3.63) is 65.4 Å². The summed E-state index contributed by atoms with van der Waals surface area (Å²) in [5, 5.41) is 20.4. The summed E-state index contributed by atoms with van der Waals surface area (Å²) in [6.07, 6.45) is 18.3. The molecule has 1 aromatic heterocycles. The van der Waals surface area contributed by atoms with Crippen molar-refractivity contribution in [1.29, 1.82) is 0 Å². The Morgan fingerprint density at radius 1 is 1.21 bits per heavy atom. The third-order valence-electron chi connectivity index (χ3n) is 8.54. The highest BCUT2D eigenvalue weighted by Crippen LogP contribution is 2.56. The van der Waals surface area contributed by atoms with E-state index in [0.29, 0.717) is 11.8 Å². The maximum Gasteiger partial charge on any atom is 0.0708 e. The van der Waals surface area contributed by atoms with Gasteiger partial charge in [0.05, 0.1) is 23.5 Å². The van der Waals surface area contributed by atoms with Crippen LogP contribution < -0.4 is 0 Å². The van der Waals surface area contributed by atoms with E-state index < -0.39 is 0 Å². The topological polar surface area (TPSA) is 57.8 Å². The number of nitrogens with zero attached hydrogens (tertiary/aromatic N) is 3. The summed E-state index contributed by atoms with van der Waals surface area (Å²) in [5.41, 5.74) is 6.44. The molecular formula is C30H37N3O. The second kappa shape index (κ2) is 9.95. The monoisotopic (exact) mass is 455 g/mol. The number of hydrogen-bond acceptors (Lipinski definition) is 4. The molecule has 4 atom stereocenters.